The van der Waals surface area contributed by atoms with Gasteiger partial charge in [0.1, 0.15) is 0 Å². The van der Waals surface area contributed by atoms with Gasteiger partial charge in [-0.3, -0.25) is 0 Å². The van der Waals surface area contributed by atoms with E-state index in [1.807, 2.05) is 13.8 Å². The highest BCUT2D eigenvalue weighted by atomic mass is 32.2. The van der Waals surface area contributed by atoms with E-state index in [1.54, 1.807) is 18.4 Å². The molecule has 0 amide bonds. The minimum atomic E-state index is -3.29. The van der Waals surface area contributed by atoms with Crippen molar-refractivity contribution in [1.82, 2.24) is 13.9 Å². The number of nitrogens with zero attached hydrogens (tertiary/aromatic N) is 2. The van der Waals surface area contributed by atoms with Gasteiger partial charge in [-0.1, -0.05) is 0 Å². The van der Waals surface area contributed by atoms with E-state index < -0.39 is 10.2 Å². The van der Waals surface area contributed by atoms with Crippen LogP contribution in [0.3, 0.4) is 0 Å². The average molecular weight is 247 g/mol. The lowest BCUT2D eigenvalue weighted by Gasteiger charge is -2.35. The predicted molar refractivity (Wildman–Crippen MR) is 63.2 cm³/mol. The van der Waals surface area contributed by atoms with Gasteiger partial charge >= 0.3 is 0 Å². The fourth-order valence-electron chi connectivity index (χ4n) is 2.97. The number of fused-ring (bicyclic) bond motifs is 1. The summed E-state index contributed by atoms with van der Waals surface area (Å²) < 4.78 is 27.4. The molecule has 6 heteroatoms. The summed E-state index contributed by atoms with van der Waals surface area (Å²) in [5, 5.41) is 3.35. The molecule has 2 heterocycles. The van der Waals surface area contributed by atoms with Crippen LogP contribution in [0.15, 0.2) is 0 Å². The second-order valence-corrected chi connectivity index (χ2v) is 7.57. The zero-order chi connectivity index (χ0) is 12.1. The zero-order valence-electron chi connectivity index (χ0n) is 10.4. The summed E-state index contributed by atoms with van der Waals surface area (Å²) in [7, 11) is -0.0974. The summed E-state index contributed by atoms with van der Waals surface area (Å²) in [6, 6.07) is 0. The Kier molecular flexibility index (Phi) is 2.81. The second-order valence-electron chi connectivity index (χ2n) is 5.50. The molecule has 0 aromatic carbocycles. The summed E-state index contributed by atoms with van der Waals surface area (Å²) in [4.78, 5) is 0. The zero-order valence-corrected chi connectivity index (χ0v) is 11.2. The Bertz CT molecular complexity index is 378. The van der Waals surface area contributed by atoms with Gasteiger partial charge in [-0.15, -0.1) is 0 Å². The van der Waals surface area contributed by atoms with Crippen LogP contribution in [0.4, 0.5) is 0 Å². The third-order valence-electron chi connectivity index (χ3n) is 4.03. The van der Waals surface area contributed by atoms with Gasteiger partial charge in [-0.25, -0.2) is 0 Å². The van der Waals surface area contributed by atoms with Gasteiger partial charge in [-0.05, 0) is 32.2 Å². The number of hydrogen-bond donors (Lipinski definition) is 1. The first-order valence-corrected chi connectivity index (χ1v) is 7.08. The maximum absolute atomic E-state index is 12.2. The summed E-state index contributed by atoms with van der Waals surface area (Å²) >= 11 is 0. The van der Waals surface area contributed by atoms with Gasteiger partial charge in [-0.2, -0.15) is 17.0 Å². The fraction of sp³-hybridized carbons (Fsp3) is 1.00. The number of rotatable bonds is 2. The van der Waals surface area contributed by atoms with E-state index >= 15 is 0 Å². The highest BCUT2D eigenvalue weighted by Gasteiger charge is 2.54. The maximum Gasteiger partial charge on any atom is 0.281 e. The lowest BCUT2D eigenvalue weighted by Crippen LogP contribution is -2.51. The van der Waals surface area contributed by atoms with Gasteiger partial charge in [0.25, 0.3) is 10.2 Å². The third kappa shape index (κ3) is 1.59. The van der Waals surface area contributed by atoms with Crippen LogP contribution in [-0.4, -0.2) is 56.3 Å². The summed E-state index contributed by atoms with van der Waals surface area (Å²) in [6.45, 7) is 6.58. The largest absolute Gasteiger partial charge is 0.316 e. The van der Waals surface area contributed by atoms with Crippen LogP contribution in [0.25, 0.3) is 0 Å². The van der Waals surface area contributed by atoms with Crippen LogP contribution in [0, 0.1) is 11.8 Å². The SMILES string of the molecule is CN(C)S(=O)(=O)N1CC2CNCC2C1(C)C. The molecule has 2 rings (SSSR count). The van der Waals surface area contributed by atoms with Crippen molar-refractivity contribution in [3.8, 4) is 0 Å². The predicted octanol–water partition coefficient (Wildman–Crippen LogP) is -0.277. The molecule has 0 radical (unpaired) electrons. The van der Waals surface area contributed by atoms with Crippen LogP contribution in [-0.2, 0) is 10.2 Å². The summed E-state index contributed by atoms with van der Waals surface area (Å²) in [5.41, 5.74) is -0.280. The molecular weight excluding hydrogens is 226 g/mol. The van der Waals surface area contributed by atoms with Crippen LogP contribution in [0.2, 0.25) is 0 Å². The molecule has 2 unspecified atom stereocenters. The smallest absolute Gasteiger partial charge is 0.281 e. The van der Waals surface area contributed by atoms with Crippen LogP contribution >= 0.6 is 0 Å². The quantitative estimate of drug-likeness (QED) is 0.730. The molecule has 0 aromatic heterocycles. The summed E-state index contributed by atoms with van der Waals surface area (Å²) in [6.07, 6.45) is 0. The van der Waals surface area contributed by atoms with Crippen LogP contribution < -0.4 is 5.32 Å². The molecular formula is C10H21N3O2S. The van der Waals surface area contributed by atoms with E-state index in [2.05, 4.69) is 5.32 Å². The van der Waals surface area contributed by atoms with E-state index in [-0.39, 0.29) is 5.54 Å². The van der Waals surface area contributed by atoms with Crippen molar-refractivity contribution in [2.75, 3.05) is 33.7 Å². The highest BCUT2D eigenvalue weighted by Crippen LogP contribution is 2.42. The molecule has 0 bridgehead atoms. The molecule has 0 spiro atoms. The average Bonchev–Trinajstić information content (AvgIpc) is 2.68. The van der Waals surface area contributed by atoms with Crippen molar-refractivity contribution in [1.29, 1.82) is 0 Å². The first kappa shape index (κ1) is 12.3. The van der Waals surface area contributed by atoms with E-state index in [1.165, 1.54) is 4.31 Å². The van der Waals surface area contributed by atoms with Gasteiger partial charge in [0.15, 0.2) is 0 Å². The van der Waals surface area contributed by atoms with Crippen molar-refractivity contribution >= 4 is 10.2 Å². The second kappa shape index (κ2) is 3.66. The molecule has 16 heavy (non-hydrogen) atoms. The van der Waals surface area contributed by atoms with E-state index in [4.69, 9.17) is 0 Å². The van der Waals surface area contributed by atoms with E-state index in [0.29, 0.717) is 18.4 Å². The lowest BCUT2D eigenvalue weighted by atomic mass is 9.85. The Balaban J connectivity index is 2.32. The minimum Gasteiger partial charge on any atom is -0.316 e. The highest BCUT2D eigenvalue weighted by molar-refractivity contribution is 7.86. The molecule has 94 valence electrons. The molecule has 5 nitrogen and oxygen atoms in total. The molecule has 0 aromatic rings. The summed E-state index contributed by atoms with van der Waals surface area (Å²) in [5.74, 6) is 0.895. The van der Waals surface area contributed by atoms with Crippen LogP contribution in [0.1, 0.15) is 13.8 Å². The van der Waals surface area contributed by atoms with Gasteiger partial charge in [0, 0.05) is 32.7 Å². The lowest BCUT2D eigenvalue weighted by molar-refractivity contribution is 0.223. The normalized spacial score (nSPS) is 34.6. The van der Waals surface area contributed by atoms with Gasteiger partial charge in [0.2, 0.25) is 0 Å². The molecule has 2 atom stereocenters. The standard InChI is InChI=1S/C10H21N3O2S/c1-10(2)9-6-11-5-8(9)7-13(10)16(14,15)12(3)4/h8-9,11H,5-7H2,1-4H3. The van der Waals surface area contributed by atoms with E-state index in [9.17, 15) is 8.42 Å². The van der Waals surface area contributed by atoms with Crippen molar-refractivity contribution in [2.24, 2.45) is 11.8 Å². The fourth-order valence-corrected chi connectivity index (χ4v) is 4.48. The Morgan fingerprint density at radius 2 is 1.94 bits per heavy atom. The maximum atomic E-state index is 12.2. The molecule has 0 aliphatic carbocycles. The molecule has 2 fully saturated rings. The van der Waals surface area contributed by atoms with E-state index in [0.717, 1.165) is 13.1 Å². The molecule has 0 saturated carbocycles. The Labute approximate surface area is 98.0 Å². The monoisotopic (exact) mass is 247 g/mol. The van der Waals surface area contributed by atoms with Crippen molar-refractivity contribution in [3.63, 3.8) is 0 Å². The van der Waals surface area contributed by atoms with Crippen molar-refractivity contribution < 1.29 is 8.42 Å². The first-order chi connectivity index (χ1) is 7.28. The molecule has 2 saturated heterocycles. The Morgan fingerprint density at radius 1 is 1.31 bits per heavy atom. The molecule has 2 aliphatic rings. The minimum absolute atomic E-state index is 0.280. The topological polar surface area (TPSA) is 52.7 Å². The third-order valence-corrected chi connectivity index (χ3v) is 6.13. The molecule has 1 N–H and O–H groups in total. The Hall–Kier alpha value is -0.170. The van der Waals surface area contributed by atoms with Crippen LogP contribution in [0.5, 0.6) is 0 Å². The number of hydrogen-bond acceptors (Lipinski definition) is 3. The number of nitrogens with one attached hydrogen (secondary N) is 1. The molecule has 2 aliphatic heterocycles. The van der Waals surface area contributed by atoms with Gasteiger partial charge < -0.3 is 5.32 Å². The Morgan fingerprint density at radius 3 is 2.44 bits per heavy atom. The van der Waals surface area contributed by atoms with Crippen molar-refractivity contribution in [2.45, 2.75) is 19.4 Å². The first-order valence-electron chi connectivity index (χ1n) is 5.69. The van der Waals surface area contributed by atoms with Gasteiger partial charge in [0.05, 0.1) is 0 Å². The van der Waals surface area contributed by atoms with Crippen molar-refractivity contribution in [3.05, 3.63) is 0 Å².